The summed E-state index contributed by atoms with van der Waals surface area (Å²) in [5, 5.41) is 4.31. The van der Waals surface area contributed by atoms with E-state index in [9.17, 15) is 0 Å². The second kappa shape index (κ2) is 12.6. The number of nitrogens with one attached hydrogen (secondary N) is 1. The molecule has 21 heavy (non-hydrogen) atoms. The Balaban J connectivity index is 1.93. The van der Waals surface area contributed by atoms with Gasteiger partial charge in [0.1, 0.15) is 0 Å². The minimum absolute atomic E-state index is 0.809. The van der Waals surface area contributed by atoms with Gasteiger partial charge in [-0.2, -0.15) is 0 Å². The van der Waals surface area contributed by atoms with Gasteiger partial charge < -0.3 is 5.32 Å². The molecule has 0 spiro atoms. The summed E-state index contributed by atoms with van der Waals surface area (Å²) in [6.45, 7) is 3.34. The predicted molar refractivity (Wildman–Crippen MR) is 105 cm³/mol. The monoisotopic (exact) mass is 421 g/mol. The molecule has 0 aliphatic heterocycles. The molecular formula is C18H29ClIN. The molecule has 0 heterocycles. The van der Waals surface area contributed by atoms with Gasteiger partial charge in [-0.1, -0.05) is 76.3 Å². The van der Waals surface area contributed by atoms with Crippen molar-refractivity contribution in [2.24, 2.45) is 0 Å². The standard InChI is InChI=1S/C18H29ClIN/c1-2-3-4-5-6-7-8-9-10-11-14-21-18-13-12-16(19)15-17(18)20/h12-13,15,21H,2-11,14H2,1H3. The van der Waals surface area contributed by atoms with Crippen LogP contribution in [0.3, 0.4) is 0 Å². The lowest BCUT2D eigenvalue weighted by Crippen LogP contribution is -2.02. The zero-order valence-corrected chi connectivity index (χ0v) is 16.2. The van der Waals surface area contributed by atoms with Gasteiger partial charge in [0.25, 0.3) is 0 Å². The van der Waals surface area contributed by atoms with Crippen molar-refractivity contribution < 1.29 is 0 Å². The lowest BCUT2D eigenvalue weighted by atomic mass is 10.1. The maximum Gasteiger partial charge on any atom is 0.0476 e. The molecule has 0 fully saturated rings. The molecule has 1 N–H and O–H groups in total. The molecule has 1 nitrogen and oxygen atoms in total. The third-order valence-electron chi connectivity index (χ3n) is 3.78. The summed E-state index contributed by atoms with van der Waals surface area (Å²) in [4.78, 5) is 0. The van der Waals surface area contributed by atoms with Gasteiger partial charge in [-0.05, 0) is 47.2 Å². The van der Waals surface area contributed by atoms with Crippen LogP contribution in [0.25, 0.3) is 0 Å². The van der Waals surface area contributed by atoms with E-state index in [4.69, 9.17) is 11.6 Å². The Kier molecular flexibility index (Phi) is 11.4. The molecule has 1 aromatic rings. The molecule has 0 aliphatic rings. The second-order valence-corrected chi connectivity index (χ2v) is 7.33. The molecule has 0 bridgehead atoms. The lowest BCUT2D eigenvalue weighted by molar-refractivity contribution is 0.560. The smallest absolute Gasteiger partial charge is 0.0476 e. The van der Waals surface area contributed by atoms with Crippen LogP contribution in [-0.4, -0.2) is 6.54 Å². The summed E-state index contributed by atoms with van der Waals surface area (Å²) in [5.74, 6) is 0. The Hall–Kier alpha value is 0.0400. The van der Waals surface area contributed by atoms with Gasteiger partial charge in [-0.3, -0.25) is 0 Å². The number of rotatable bonds is 12. The Morgan fingerprint density at radius 1 is 0.905 bits per heavy atom. The summed E-state index contributed by atoms with van der Waals surface area (Å²) in [6, 6.07) is 6.02. The number of unbranched alkanes of at least 4 members (excludes halogenated alkanes) is 9. The fourth-order valence-corrected chi connectivity index (χ4v) is 3.53. The minimum atomic E-state index is 0.809. The summed E-state index contributed by atoms with van der Waals surface area (Å²) in [5.41, 5.74) is 1.20. The summed E-state index contributed by atoms with van der Waals surface area (Å²) < 4.78 is 1.20. The SMILES string of the molecule is CCCCCCCCCCCCNc1ccc(Cl)cc1I. The Labute approximate surface area is 149 Å². The normalized spacial score (nSPS) is 10.8. The topological polar surface area (TPSA) is 12.0 Å². The van der Waals surface area contributed by atoms with Crippen molar-refractivity contribution in [2.75, 3.05) is 11.9 Å². The first-order valence-electron chi connectivity index (χ1n) is 8.43. The molecule has 120 valence electrons. The van der Waals surface area contributed by atoms with Crippen LogP contribution >= 0.6 is 34.2 Å². The summed E-state index contributed by atoms with van der Waals surface area (Å²) in [7, 11) is 0. The summed E-state index contributed by atoms with van der Waals surface area (Å²) >= 11 is 8.29. The molecule has 0 unspecified atom stereocenters. The average Bonchev–Trinajstić information content (AvgIpc) is 2.46. The maximum absolute atomic E-state index is 5.96. The highest BCUT2D eigenvalue weighted by molar-refractivity contribution is 14.1. The molecule has 1 rings (SSSR count). The van der Waals surface area contributed by atoms with Crippen LogP contribution in [0.4, 0.5) is 5.69 Å². The quantitative estimate of drug-likeness (QED) is 0.276. The summed E-state index contributed by atoms with van der Waals surface area (Å²) in [6.07, 6.45) is 13.9. The Morgan fingerprint density at radius 2 is 1.48 bits per heavy atom. The van der Waals surface area contributed by atoms with E-state index in [2.05, 4.69) is 40.9 Å². The van der Waals surface area contributed by atoms with Crippen molar-refractivity contribution in [1.82, 2.24) is 0 Å². The molecule has 1 aromatic carbocycles. The molecule has 0 atom stereocenters. The van der Waals surface area contributed by atoms with Crippen LogP contribution in [0.2, 0.25) is 5.02 Å². The number of benzene rings is 1. The highest BCUT2D eigenvalue weighted by Gasteiger charge is 1.99. The van der Waals surface area contributed by atoms with Gasteiger partial charge >= 0.3 is 0 Å². The fourth-order valence-electron chi connectivity index (χ4n) is 2.47. The van der Waals surface area contributed by atoms with Crippen molar-refractivity contribution >= 4 is 39.9 Å². The van der Waals surface area contributed by atoms with Crippen LogP contribution in [0.5, 0.6) is 0 Å². The van der Waals surface area contributed by atoms with Crippen molar-refractivity contribution in [3.63, 3.8) is 0 Å². The van der Waals surface area contributed by atoms with E-state index in [1.165, 1.54) is 73.5 Å². The highest BCUT2D eigenvalue weighted by Crippen LogP contribution is 2.22. The molecule has 0 radical (unpaired) electrons. The zero-order chi connectivity index (χ0) is 15.3. The van der Waals surface area contributed by atoms with E-state index < -0.39 is 0 Å². The van der Waals surface area contributed by atoms with E-state index in [0.717, 1.165) is 11.6 Å². The third kappa shape index (κ3) is 9.62. The number of hydrogen-bond acceptors (Lipinski definition) is 1. The number of anilines is 1. The minimum Gasteiger partial charge on any atom is -0.384 e. The van der Waals surface area contributed by atoms with Crippen LogP contribution in [0.15, 0.2) is 18.2 Å². The van der Waals surface area contributed by atoms with E-state index >= 15 is 0 Å². The largest absolute Gasteiger partial charge is 0.384 e. The maximum atomic E-state index is 5.96. The second-order valence-electron chi connectivity index (χ2n) is 5.73. The van der Waals surface area contributed by atoms with Crippen LogP contribution in [0, 0.1) is 3.57 Å². The van der Waals surface area contributed by atoms with E-state index in [1.54, 1.807) is 0 Å². The molecule has 3 heteroatoms. The van der Waals surface area contributed by atoms with Crippen molar-refractivity contribution in [3.8, 4) is 0 Å². The van der Waals surface area contributed by atoms with Crippen LogP contribution < -0.4 is 5.32 Å². The van der Waals surface area contributed by atoms with E-state index in [1.807, 2.05) is 12.1 Å². The highest BCUT2D eigenvalue weighted by atomic mass is 127. The Bertz CT molecular complexity index is 381. The number of halogens is 2. The molecule has 0 amide bonds. The lowest BCUT2D eigenvalue weighted by Gasteiger charge is -2.08. The van der Waals surface area contributed by atoms with Gasteiger partial charge in [-0.25, -0.2) is 0 Å². The van der Waals surface area contributed by atoms with E-state index in [0.29, 0.717) is 0 Å². The van der Waals surface area contributed by atoms with Crippen LogP contribution in [0.1, 0.15) is 71.1 Å². The number of hydrogen-bond donors (Lipinski definition) is 1. The van der Waals surface area contributed by atoms with Gasteiger partial charge in [0, 0.05) is 20.8 Å². The van der Waals surface area contributed by atoms with Crippen LogP contribution in [-0.2, 0) is 0 Å². The van der Waals surface area contributed by atoms with Gasteiger partial charge in [0.15, 0.2) is 0 Å². The van der Waals surface area contributed by atoms with Crippen molar-refractivity contribution in [2.45, 2.75) is 71.1 Å². The van der Waals surface area contributed by atoms with E-state index in [-0.39, 0.29) is 0 Å². The third-order valence-corrected chi connectivity index (χ3v) is 4.90. The van der Waals surface area contributed by atoms with Gasteiger partial charge in [0.05, 0.1) is 0 Å². The van der Waals surface area contributed by atoms with Crippen molar-refractivity contribution in [1.29, 1.82) is 0 Å². The predicted octanol–water partition coefficient (Wildman–Crippen LogP) is 7.28. The molecule has 0 saturated carbocycles. The zero-order valence-electron chi connectivity index (χ0n) is 13.3. The molecular weight excluding hydrogens is 393 g/mol. The first kappa shape index (κ1) is 19.1. The molecule has 0 aliphatic carbocycles. The molecule has 0 saturated heterocycles. The van der Waals surface area contributed by atoms with Crippen molar-refractivity contribution in [3.05, 3.63) is 26.8 Å². The fraction of sp³-hybridized carbons (Fsp3) is 0.667. The first-order valence-corrected chi connectivity index (χ1v) is 9.88. The van der Waals surface area contributed by atoms with Gasteiger partial charge in [-0.15, -0.1) is 0 Å². The van der Waals surface area contributed by atoms with Gasteiger partial charge in [0.2, 0.25) is 0 Å². The molecule has 0 aromatic heterocycles. The average molecular weight is 422 g/mol. The Morgan fingerprint density at radius 3 is 2.05 bits per heavy atom. The first-order chi connectivity index (χ1) is 10.2.